The van der Waals surface area contributed by atoms with Crippen LogP contribution in [-0.2, 0) is 17.8 Å². The van der Waals surface area contributed by atoms with Crippen molar-refractivity contribution in [3.8, 4) is 0 Å². The fourth-order valence-corrected chi connectivity index (χ4v) is 2.71. The number of aliphatic imine (C=N–C) groups is 1. The Bertz CT molecular complexity index is 638. The van der Waals surface area contributed by atoms with Crippen LogP contribution in [-0.4, -0.2) is 41.5 Å². The summed E-state index contributed by atoms with van der Waals surface area (Å²) in [7, 11) is 0. The van der Waals surface area contributed by atoms with E-state index in [2.05, 4.69) is 4.99 Å². The molecule has 0 amide bonds. The standard InChI is InChI=1S/C19H26F2N2O2/c1-4-17(20)19(23-10-16(11-23)25-13(2)3)22-9-8-14-6-5-7-15(12-24)18(14)21/h5-7,9,13,16,24H,4,8,10-12H2,1-3H3/b19-17-,22-9-. The van der Waals surface area contributed by atoms with Crippen LogP contribution in [0.3, 0.4) is 0 Å². The second-order valence-corrected chi connectivity index (χ2v) is 6.36. The maximum atomic E-state index is 14.2. The lowest BCUT2D eigenvalue weighted by Gasteiger charge is -2.41. The van der Waals surface area contributed by atoms with Gasteiger partial charge in [-0.3, -0.25) is 0 Å². The molecule has 138 valence electrons. The SMILES string of the molecule is CC/C(F)=C(\N=C/Cc1cccc(CO)c1F)N1CC(OC(C)C)C1. The van der Waals surface area contributed by atoms with E-state index in [4.69, 9.17) is 9.84 Å². The van der Waals surface area contributed by atoms with Gasteiger partial charge in [-0.05, 0) is 19.4 Å². The summed E-state index contributed by atoms with van der Waals surface area (Å²) < 4.78 is 33.9. The van der Waals surface area contributed by atoms with E-state index in [0.29, 0.717) is 24.5 Å². The number of nitrogens with zero attached hydrogens (tertiary/aromatic N) is 2. The van der Waals surface area contributed by atoms with E-state index >= 15 is 0 Å². The summed E-state index contributed by atoms with van der Waals surface area (Å²) in [5.41, 5.74) is 0.675. The van der Waals surface area contributed by atoms with Crippen molar-refractivity contribution in [1.29, 1.82) is 0 Å². The van der Waals surface area contributed by atoms with Crippen molar-refractivity contribution in [3.05, 3.63) is 46.8 Å². The monoisotopic (exact) mass is 352 g/mol. The molecule has 1 saturated heterocycles. The number of benzene rings is 1. The largest absolute Gasteiger partial charge is 0.392 e. The summed E-state index contributed by atoms with van der Waals surface area (Å²) in [6.45, 7) is 6.53. The molecule has 0 aliphatic carbocycles. The van der Waals surface area contributed by atoms with Gasteiger partial charge in [0.25, 0.3) is 0 Å². The van der Waals surface area contributed by atoms with Crippen molar-refractivity contribution in [1.82, 2.24) is 4.90 Å². The van der Waals surface area contributed by atoms with Crippen molar-refractivity contribution in [2.45, 2.75) is 52.4 Å². The lowest BCUT2D eigenvalue weighted by Crippen LogP contribution is -2.52. The second-order valence-electron chi connectivity index (χ2n) is 6.36. The predicted molar refractivity (Wildman–Crippen MR) is 94.5 cm³/mol. The molecule has 6 heteroatoms. The van der Waals surface area contributed by atoms with E-state index in [9.17, 15) is 8.78 Å². The minimum Gasteiger partial charge on any atom is -0.392 e. The van der Waals surface area contributed by atoms with Gasteiger partial charge in [-0.1, -0.05) is 25.1 Å². The molecule has 1 fully saturated rings. The van der Waals surface area contributed by atoms with Crippen molar-refractivity contribution in [2.24, 2.45) is 4.99 Å². The van der Waals surface area contributed by atoms with Gasteiger partial charge in [0.2, 0.25) is 0 Å². The van der Waals surface area contributed by atoms with Crippen LogP contribution in [0, 0.1) is 5.82 Å². The number of aliphatic hydroxyl groups excluding tert-OH is 1. The van der Waals surface area contributed by atoms with E-state index < -0.39 is 5.82 Å². The molecule has 0 aromatic heterocycles. The smallest absolute Gasteiger partial charge is 0.160 e. The first-order valence-corrected chi connectivity index (χ1v) is 8.64. The Morgan fingerprint density at radius 1 is 1.40 bits per heavy atom. The van der Waals surface area contributed by atoms with Gasteiger partial charge in [0.1, 0.15) is 11.6 Å². The lowest BCUT2D eigenvalue weighted by atomic mass is 10.1. The molecule has 0 radical (unpaired) electrons. The molecule has 0 bridgehead atoms. The van der Waals surface area contributed by atoms with Crippen molar-refractivity contribution >= 4 is 6.21 Å². The minimum atomic E-state index is -0.438. The fourth-order valence-electron chi connectivity index (χ4n) is 2.71. The number of hydrogen-bond acceptors (Lipinski definition) is 4. The van der Waals surface area contributed by atoms with Crippen LogP contribution < -0.4 is 0 Å². The van der Waals surface area contributed by atoms with Gasteiger partial charge in [0, 0.05) is 37.7 Å². The Morgan fingerprint density at radius 3 is 2.68 bits per heavy atom. The van der Waals surface area contributed by atoms with Crippen LogP contribution in [0.1, 0.15) is 38.3 Å². The summed E-state index contributed by atoms with van der Waals surface area (Å²) in [4.78, 5) is 6.08. The van der Waals surface area contributed by atoms with Crippen molar-refractivity contribution in [2.75, 3.05) is 13.1 Å². The normalized spacial score (nSPS) is 16.5. The van der Waals surface area contributed by atoms with E-state index in [0.717, 1.165) is 0 Å². The van der Waals surface area contributed by atoms with E-state index in [1.165, 1.54) is 12.3 Å². The van der Waals surface area contributed by atoms with Crippen LogP contribution in [0.2, 0.25) is 0 Å². The van der Waals surface area contributed by atoms with Crippen LogP contribution in [0.4, 0.5) is 8.78 Å². The highest BCUT2D eigenvalue weighted by molar-refractivity contribution is 5.63. The number of ether oxygens (including phenoxy) is 1. The van der Waals surface area contributed by atoms with Gasteiger partial charge in [-0.25, -0.2) is 13.8 Å². The number of likely N-dealkylation sites (tertiary alicyclic amines) is 1. The molecule has 1 aromatic rings. The average molecular weight is 352 g/mol. The predicted octanol–water partition coefficient (Wildman–Crippen LogP) is 3.59. The summed E-state index contributed by atoms with van der Waals surface area (Å²) in [5.74, 6) is -0.430. The number of rotatable bonds is 8. The van der Waals surface area contributed by atoms with Gasteiger partial charge in [-0.15, -0.1) is 0 Å². The Balaban J connectivity index is 2.03. The van der Waals surface area contributed by atoms with Crippen molar-refractivity contribution in [3.63, 3.8) is 0 Å². The molecule has 1 heterocycles. The average Bonchev–Trinajstić information content (AvgIpc) is 2.55. The Morgan fingerprint density at radius 2 is 2.08 bits per heavy atom. The van der Waals surface area contributed by atoms with Gasteiger partial charge in [0.15, 0.2) is 5.82 Å². The Kier molecular flexibility index (Phi) is 7.08. The summed E-state index contributed by atoms with van der Waals surface area (Å²) in [6, 6.07) is 4.85. The number of hydrogen-bond donors (Lipinski definition) is 1. The molecular formula is C19H26F2N2O2. The Hall–Kier alpha value is -1.79. The van der Waals surface area contributed by atoms with Crippen LogP contribution in [0.5, 0.6) is 0 Å². The first-order valence-electron chi connectivity index (χ1n) is 8.64. The van der Waals surface area contributed by atoms with E-state index in [1.807, 2.05) is 18.7 Å². The highest BCUT2D eigenvalue weighted by atomic mass is 19.1. The third-order valence-corrected chi connectivity index (χ3v) is 4.02. The molecule has 1 aliphatic heterocycles. The molecule has 0 atom stereocenters. The van der Waals surface area contributed by atoms with Crippen LogP contribution in [0.25, 0.3) is 0 Å². The van der Waals surface area contributed by atoms with Gasteiger partial charge in [0.05, 0.1) is 18.8 Å². The van der Waals surface area contributed by atoms with Gasteiger partial charge < -0.3 is 14.7 Å². The van der Waals surface area contributed by atoms with Crippen LogP contribution in [0.15, 0.2) is 34.8 Å². The maximum absolute atomic E-state index is 14.2. The Labute approximate surface area is 147 Å². The number of halogens is 2. The highest BCUT2D eigenvalue weighted by Gasteiger charge is 2.31. The highest BCUT2D eigenvalue weighted by Crippen LogP contribution is 2.24. The second kappa shape index (κ2) is 9.06. The molecule has 0 spiro atoms. The summed E-state index contributed by atoms with van der Waals surface area (Å²) in [6.07, 6.45) is 2.24. The molecule has 1 N–H and O–H groups in total. The van der Waals surface area contributed by atoms with Gasteiger partial charge >= 0.3 is 0 Å². The molecule has 25 heavy (non-hydrogen) atoms. The first kappa shape index (κ1) is 19.5. The molecular weight excluding hydrogens is 326 g/mol. The summed E-state index contributed by atoms with van der Waals surface area (Å²) in [5, 5.41) is 9.11. The third kappa shape index (κ3) is 5.09. The number of aliphatic hydroxyl groups is 1. The first-order chi connectivity index (χ1) is 12.0. The zero-order chi connectivity index (χ0) is 18.4. The lowest BCUT2D eigenvalue weighted by molar-refractivity contribution is -0.0694. The van der Waals surface area contributed by atoms with E-state index in [-0.39, 0.29) is 43.0 Å². The molecule has 0 unspecified atom stereocenters. The zero-order valence-corrected chi connectivity index (χ0v) is 15.0. The minimum absolute atomic E-state index is 0.0912. The zero-order valence-electron chi connectivity index (χ0n) is 15.0. The number of allylic oxidation sites excluding steroid dienone is 1. The molecule has 4 nitrogen and oxygen atoms in total. The third-order valence-electron chi connectivity index (χ3n) is 4.02. The topological polar surface area (TPSA) is 45.1 Å². The quantitative estimate of drug-likeness (QED) is 0.727. The molecule has 1 aromatic carbocycles. The molecule has 0 saturated carbocycles. The molecule has 1 aliphatic rings. The molecule has 2 rings (SSSR count). The van der Waals surface area contributed by atoms with Gasteiger partial charge in [-0.2, -0.15) is 0 Å². The van der Waals surface area contributed by atoms with Crippen molar-refractivity contribution < 1.29 is 18.6 Å². The fraction of sp³-hybridized carbons (Fsp3) is 0.526. The maximum Gasteiger partial charge on any atom is 0.160 e. The van der Waals surface area contributed by atoms with E-state index in [1.54, 1.807) is 19.1 Å². The summed E-state index contributed by atoms with van der Waals surface area (Å²) >= 11 is 0. The van der Waals surface area contributed by atoms with Crippen LogP contribution >= 0.6 is 0 Å².